The van der Waals surface area contributed by atoms with Crippen LogP contribution in [0, 0.1) is 17.6 Å². The average molecular weight is 256 g/mol. The number of hydrogen-bond donors (Lipinski definition) is 2. The van der Waals surface area contributed by atoms with Crippen LogP contribution in [0.4, 0.5) is 8.78 Å². The first-order valence-corrected chi connectivity index (χ1v) is 6.00. The predicted octanol–water partition coefficient (Wildman–Crippen LogP) is 2.40. The quantitative estimate of drug-likeness (QED) is 0.780. The SMILES string of the molecule is CC1CNC(S)N=C1Cc1c(F)cccc1F. The van der Waals surface area contributed by atoms with Crippen molar-refractivity contribution >= 4 is 18.3 Å². The lowest BCUT2D eigenvalue weighted by atomic mass is 9.97. The van der Waals surface area contributed by atoms with E-state index in [1.54, 1.807) is 0 Å². The molecule has 2 rings (SSSR count). The number of aliphatic imine (C=N–C) groups is 1. The minimum atomic E-state index is -0.519. The Kier molecular flexibility index (Phi) is 3.79. The summed E-state index contributed by atoms with van der Waals surface area (Å²) in [6.45, 7) is 2.70. The minimum absolute atomic E-state index is 0.0838. The van der Waals surface area contributed by atoms with Crippen molar-refractivity contribution in [3.63, 3.8) is 0 Å². The molecule has 0 aliphatic carbocycles. The largest absolute Gasteiger partial charge is 0.287 e. The summed E-state index contributed by atoms with van der Waals surface area (Å²) < 4.78 is 27.0. The van der Waals surface area contributed by atoms with Crippen LogP contribution in [0.25, 0.3) is 0 Å². The summed E-state index contributed by atoms with van der Waals surface area (Å²) in [4.78, 5) is 4.28. The molecule has 5 heteroatoms. The lowest BCUT2D eigenvalue weighted by molar-refractivity contribution is 0.545. The maximum atomic E-state index is 13.5. The molecule has 0 bridgehead atoms. The minimum Gasteiger partial charge on any atom is -0.287 e. The van der Waals surface area contributed by atoms with Crippen LogP contribution in [-0.4, -0.2) is 17.8 Å². The lowest BCUT2D eigenvalue weighted by Gasteiger charge is -2.24. The van der Waals surface area contributed by atoms with Crippen LogP contribution in [-0.2, 0) is 6.42 Å². The summed E-state index contributed by atoms with van der Waals surface area (Å²) in [5, 5.41) is 3.07. The van der Waals surface area contributed by atoms with E-state index in [4.69, 9.17) is 0 Å². The molecule has 1 aliphatic rings. The first-order valence-electron chi connectivity index (χ1n) is 5.49. The van der Waals surface area contributed by atoms with Crippen LogP contribution in [0.1, 0.15) is 12.5 Å². The molecule has 0 amide bonds. The summed E-state index contributed by atoms with van der Waals surface area (Å²) in [5.74, 6) is -0.874. The number of nitrogens with one attached hydrogen (secondary N) is 1. The van der Waals surface area contributed by atoms with Gasteiger partial charge in [-0.25, -0.2) is 8.78 Å². The number of thiol groups is 1. The Labute approximate surface area is 105 Å². The number of halogens is 2. The van der Waals surface area contributed by atoms with Gasteiger partial charge in [-0.15, -0.1) is 12.6 Å². The zero-order valence-electron chi connectivity index (χ0n) is 9.45. The van der Waals surface area contributed by atoms with E-state index in [0.29, 0.717) is 0 Å². The van der Waals surface area contributed by atoms with Crippen molar-refractivity contribution in [3.05, 3.63) is 35.4 Å². The zero-order valence-corrected chi connectivity index (χ0v) is 10.3. The second-order valence-electron chi connectivity index (χ2n) is 4.18. The van der Waals surface area contributed by atoms with E-state index >= 15 is 0 Å². The molecule has 0 fully saturated rings. The van der Waals surface area contributed by atoms with Crippen LogP contribution in [0.3, 0.4) is 0 Å². The molecule has 92 valence electrons. The molecule has 2 atom stereocenters. The molecule has 2 nitrogen and oxygen atoms in total. The molecule has 1 N–H and O–H groups in total. The molecule has 1 aromatic carbocycles. The van der Waals surface area contributed by atoms with E-state index in [9.17, 15) is 8.78 Å². The molecule has 0 radical (unpaired) electrons. The second-order valence-corrected chi connectivity index (χ2v) is 4.67. The fraction of sp³-hybridized carbons (Fsp3) is 0.417. The Morgan fingerprint density at radius 3 is 2.71 bits per heavy atom. The highest BCUT2D eigenvalue weighted by molar-refractivity contribution is 7.80. The van der Waals surface area contributed by atoms with Gasteiger partial charge in [0.1, 0.15) is 17.1 Å². The van der Waals surface area contributed by atoms with Crippen molar-refractivity contribution in [2.45, 2.75) is 18.8 Å². The fourth-order valence-electron chi connectivity index (χ4n) is 1.83. The summed E-state index contributed by atoms with van der Waals surface area (Å²) in [6, 6.07) is 3.90. The van der Waals surface area contributed by atoms with E-state index in [1.807, 2.05) is 6.92 Å². The normalized spacial score (nSPS) is 24.6. The summed E-state index contributed by atoms with van der Waals surface area (Å²) in [7, 11) is 0. The van der Waals surface area contributed by atoms with Crippen molar-refractivity contribution in [3.8, 4) is 0 Å². The van der Waals surface area contributed by atoms with E-state index in [1.165, 1.54) is 18.2 Å². The topological polar surface area (TPSA) is 24.4 Å². The zero-order chi connectivity index (χ0) is 12.4. The summed E-state index contributed by atoms with van der Waals surface area (Å²) in [5.41, 5.74) is 0.587. The average Bonchev–Trinajstić information content (AvgIpc) is 2.28. The Bertz CT molecular complexity index is 428. The Morgan fingerprint density at radius 1 is 1.41 bits per heavy atom. The Hall–Kier alpha value is -0.940. The smallest absolute Gasteiger partial charge is 0.144 e. The fourth-order valence-corrected chi connectivity index (χ4v) is 2.09. The number of hydrogen-bond acceptors (Lipinski definition) is 3. The monoisotopic (exact) mass is 256 g/mol. The third kappa shape index (κ3) is 2.84. The maximum Gasteiger partial charge on any atom is 0.144 e. The molecule has 0 aromatic heterocycles. The summed E-state index contributed by atoms with van der Waals surface area (Å²) >= 11 is 4.19. The highest BCUT2D eigenvalue weighted by atomic mass is 32.1. The van der Waals surface area contributed by atoms with Crippen LogP contribution < -0.4 is 5.32 Å². The summed E-state index contributed by atoms with van der Waals surface area (Å²) in [6.07, 6.45) is 0.207. The van der Waals surface area contributed by atoms with Crippen molar-refractivity contribution in [1.82, 2.24) is 5.32 Å². The van der Waals surface area contributed by atoms with Gasteiger partial charge in [-0.2, -0.15) is 0 Å². The number of benzene rings is 1. The molecule has 0 saturated heterocycles. The van der Waals surface area contributed by atoms with Crippen molar-refractivity contribution < 1.29 is 8.78 Å². The first kappa shape index (κ1) is 12.5. The molecule has 1 aromatic rings. The molecular formula is C12H14F2N2S. The van der Waals surface area contributed by atoms with E-state index in [0.717, 1.165) is 12.3 Å². The molecule has 1 heterocycles. The van der Waals surface area contributed by atoms with Crippen LogP contribution >= 0.6 is 12.6 Å². The van der Waals surface area contributed by atoms with Gasteiger partial charge in [0.25, 0.3) is 0 Å². The van der Waals surface area contributed by atoms with Crippen LogP contribution in [0.2, 0.25) is 0 Å². The predicted molar refractivity (Wildman–Crippen MR) is 67.4 cm³/mol. The standard InChI is InChI=1S/C12H14F2N2S/c1-7-6-15-12(17)16-11(7)5-8-9(13)3-2-4-10(8)14/h2-4,7,12,15,17H,5-6H2,1H3. The molecule has 0 saturated carbocycles. The van der Waals surface area contributed by atoms with Gasteiger partial charge in [0.2, 0.25) is 0 Å². The maximum absolute atomic E-state index is 13.5. The van der Waals surface area contributed by atoms with Crippen molar-refractivity contribution in [1.29, 1.82) is 0 Å². The lowest BCUT2D eigenvalue weighted by Crippen LogP contribution is -2.38. The van der Waals surface area contributed by atoms with Crippen molar-refractivity contribution in [2.75, 3.05) is 6.54 Å². The highest BCUT2D eigenvalue weighted by Crippen LogP contribution is 2.18. The molecular weight excluding hydrogens is 242 g/mol. The third-order valence-corrected chi connectivity index (χ3v) is 3.18. The first-order chi connectivity index (χ1) is 8.08. The van der Waals surface area contributed by atoms with E-state index in [2.05, 4.69) is 22.9 Å². The third-order valence-electron chi connectivity index (χ3n) is 2.88. The van der Waals surface area contributed by atoms with Gasteiger partial charge < -0.3 is 0 Å². The van der Waals surface area contributed by atoms with Crippen LogP contribution in [0.15, 0.2) is 23.2 Å². The van der Waals surface area contributed by atoms with Gasteiger partial charge in [-0.3, -0.25) is 10.3 Å². The van der Waals surface area contributed by atoms with E-state index < -0.39 is 11.6 Å². The Morgan fingerprint density at radius 2 is 2.06 bits per heavy atom. The molecule has 17 heavy (non-hydrogen) atoms. The van der Waals surface area contributed by atoms with Crippen LogP contribution in [0.5, 0.6) is 0 Å². The van der Waals surface area contributed by atoms with Crippen molar-refractivity contribution in [2.24, 2.45) is 10.9 Å². The van der Waals surface area contributed by atoms with Gasteiger partial charge in [-0.1, -0.05) is 13.0 Å². The van der Waals surface area contributed by atoms with Gasteiger partial charge >= 0.3 is 0 Å². The van der Waals surface area contributed by atoms with Gasteiger partial charge in [-0.05, 0) is 12.1 Å². The molecule has 0 spiro atoms. The van der Waals surface area contributed by atoms with E-state index in [-0.39, 0.29) is 23.4 Å². The Balaban J connectivity index is 2.26. The highest BCUT2D eigenvalue weighted by Gasteiger charge is 2.21. The van der Waals surface area contributed by atoms with Gasteiger partial charge in [0.05, 0.1) is 0 Å². The molecule has 1 aliphatic heterocycles. The number of rotatable bonds is 2. The molecule has 2 unspecified atom stereocenters. The van der Waals surface area contributed by atoms with Gasteiger partial charge in [0, 0.05) is 30.2 Å². The van der Waals surface area contributed by atoms with Gasteiger partial charge in [0.15, 0.2) is 0 Å². The number of nitrogens with zero attached hydrogens (tertiary/aromatic N) is 1. The second kappa shape index (κ2) is 5.14.